The summed E-state index contributed by atoms with van der Waals surface area (Å²) in [6.45, 7) is 1.60. The lowest BCUT2D eigenvalue weighted by atomic mass is 9.41. The molecule has 41 heavy (non-hydrogen) atoms. The number of nitrogens with zero attached hydrogens (tertiary/aromatic N) is 5. The van der Waals surface area contributed by atoms with Crippen molar-refractivity contribution in [2.24, 2.45) is 17.3 Å². The van der Waals surface area contributed by atoms with Crippen LogP contribution in [0.3, 0.4) is 0 Å². The summed E-state index contributed by atoms with van der Waals surface area (Å²) in [6, 6.07) is 0.932. The molecule has 0 saturated heterocycles. The van der Waals surface area contributed by atoms with Crippen molar-refractivity contribution in [1.82, 2.24) is 35.3 Å². The molecular formula is C28H32F3N7O3. The summed E-state index contributed by atoms with van der Waals surface area (Å²) >= 11 is 0. The number of aryl methyl sites for hydroxylation is 1. The lowest BCUT2D eigenvalue weighted by molar-refractivity contribution is -0.215. The zero-order valence-corrected chi connectivity index (χ0v) is 22.7. The van der Waals surface area contributed by atoms with Gasteiger partial charge in [0.2, 0.25) is 17.6 Å². The summed E-state index contributed by atoms with van der Waals surface area (Å²) in [4.78, 5) is 35.4. The summed E-state index contributed by atoms with van der Waals surface area (Å²) in [7, 11) is 0. The van der Waals surface area contributed by atoms with Gasteiger partial charge in [0.1, 0.15) is 11.4 Å². The van der Waals surface area contributed by atoms with Crippen molar-refractivity contribution in [2.45, 2.75) is 94.8 Å². The van der Waals surface area contributed by atoms with Crippen molar-refractivity contribution in [3.05, 3.63) is 41.2 Å². The Labute approximate surface area is 233 Å². The van der Waals surface area contributed by atoms with Gasteiger partial charge in [-0.05, 0) is 80.3 Å². The quantitative estimate of drug-likeness (QED) is 0.385. The largest absolute Gasteiger partial charge is 0.347 e. The van der Waals surface area contributed by atoms with Gasteiger partial charge in [0.25, 0.3) is 5.91 Å². The van der Waals surface area contributed by atoms with E-state index in [-0.39, 0.29) is 60.6 Å². The monoisotopic (exact) mass is 571 g/mol. The summed E-state index contributed by atoms with van der Waals surface area (Å²) in [6.07, 6.45) is 7.20. The van der Waals surface area contributed by atoms with E-state index in [0.717, 1.165) is 12.8 Å². The normalized spacial score (nSPS) is 28.4. The number of carbonyl (C=O) groups is 2. The number of alkyl halides is 3. The van der Waals surface area contributed by atoms with Gasteiger partial charge in [0.05, 0.1) is 23.5 Å². The first kappa shape index (κ1) is 26.4. The minimum Gasteiger partial charge on any atom is -0.347 e. The molecule has 10 nitrogen and oxygen atoms in total. The number of aromatic nitrogens is 5. The maximum atomic E-state index is 14.0. The molecule has 3 heterocycles. The number of imidazole rings is 1. The smallest absolute Gasteiger partial charge is 0.276 e. The van der Waals surface area contributed by atoms with E-state index in [9.17, 15) is 22.8 Å². The molecular weight excluding hydrogens is 539 g/mol. The molecule has 0 aromatic carbocycles. The van der Waals surface area contributed by atoms with Gasteiger partial charge in [0, 0.05) is 31.7 Å². The lowest BCUT2D eigenvalue weighted by Gasteiger charge is -2.65. The van der Waals surface area contributed by atoms with Crippen molar-refractivity contribution in [2.75, 3.05) is 0 Å². The van der Waals surface area contributed by atoms with E-state index in [4.69, 9.17) is 9.97 Å². The molecule has 0 unspecified atom stereocenters. The van der Waals surface area contributed by atoms with Gasteiger partial charge in [-0.2, -0.15) is 0 Å². The molecule has 2 atom stereocenters. The SMILES string of the molecule is Cc1nonc1C(=O)N[C@H](c1cn2ccc([C@H](NC(=O)CC34CC(F)(C3)C4)C3CC3)nc2n1)C1CCC(F)(F)CC1. The van der Waals surface area contributed by atoms with Crippen molar-refractivity contribution in [3.8, 4) is 0 Å². The maximum Gasteiger partial charge on any atom is 0.276 e. The molecule has 2 N–H and O–H groups in total. The highest BCUT2D eigenvalue weighted by atomic mass is 19.3. The first-order valence-corrected chi connectivity index (χ1v) is 14.3. The van der Waals surface area contributed by atoms with Gasteiger partial charge in [-0.25, -0.2) is 27.8 Å². The molecule has 0 spiro atoms. The Bertz CT molecular complexity index is 1490. The highest BCUT2D eigenvalue weighted by Crippen LogP contribution is 2.71. The number of nitrogens with one attached hydrogen (secondary N) is 2. The van der Waals surface area contributed by atoms with Crippen LogP contribution in [0.25, 0.3) is 5.78 Å². The number of halogens is 3. The number of hydrogen-bond donors (Lipinski definition) is 2. The summed E-state index contributed by atoms with van der Waals surface area (Å²) in [5.74, 6) is -2.92. The fourth-order valence-corrected chi connectivity index (χ4v) is 7.18. The van der Waals surface area contributed by atoms with Crippen LogP contribution in [0.1, 0.15) is 104 Å². The third kappa shape index (κ3) is 4.97. The minimum absolute atomic E-state index is 0.0314. The topological polar surface area (TPSA) is 127 Å². The molecule has 2 amide bonds. The number of carbonyl (C=O) groups excluding carboxylic acids is 2. The number of amides is 2. The first-order valence-electron chi connectivity index (χ1n) is 14.3. The summed E-state index contributed by atoms with van der Waals surface area (Å²) in [5.41, 5.74) is 0.330. The van der Waals surface area contributed by atoms with E-state index in [1.54, 1.807) is 17.5 Å². The van der Waals surface area contributed by atoms with Gasteiger partial charge >= 0.3 is 0 Å². The first-order chi connectivity index (χ1) is 19.5. The third-order valence-electron chi connectivity index (χ3n) is 9.41. The molecule has 3 aromatic rings. The fourth-order valence-electron chi connectivity index (χ4n) is 7.18. The zero-order valence-electron chi connectivity index (χ0n) is 22.7. The molecule has 5 saturated carbocycles. The van der Waals surface area contributed by atoms with Gasteiger partial charge in [-0.15, -0.1) is 0 Å². The molecule has 5 aliphatic rings. The Morgan fingerprint density at radius 1 is 1.00 bits per heavy atom. The molecule has 0 aliphatic heterocycles. The van der Waals surface area contributed by atoms with Crippen LogP contribution in [0.2, 0.25) is 0 Å². The standard InChI is InChI=1S/C28H32F3N7O3/c1-15-21(37-41-36-15)24(40)35-23(17-4-7-28(30,31)8-5-17)19-11-38-9-6-18(32-25(38)33-19)22(16-2-3-16)34-20(39)10-26-12-27(29,13-26)14-26/h6,9,11,16-17,22-23H,2-5,7-8,10,12-14H2,1H3,(H,34,39)(H,35,40)/t22-,23+,26?,27?/m1/s1. The Balaban J connectivity index is 1.13. The second-order valence-corrected chi connectivity index (χ2v) is 12.8. The molecule has 5 fully saturated rings. The average molecular weight is 572 g/mol. The lowest BCUT2D eigenvalue weighted by Crippen LogP contribution is -2.65. The van der Waals surface area contributed by atoms with E-state index in [1.165, 1.54) is 0 Å². The van der Waals surface area contributed by atoms with Crippen LogP contribution in [-0.4, -0.2) is 48.1 Å². The van der Waals surface area contributed by atoms with Crippen LogP contribution in [0, 0.1) is 24.2 Å². The minimum atomic E-state index is -2.72. The zero-order chi connectivity index (χ0) is 28.6. The van der Waals surface area contributed by atoms with Crippen LogP contribution >= 0.6 is 0 Å². The molecule has 13 heteroatoms. The van der Waals surface area contributed by atoms with E-state index >= 15 is 0 Å². The Kier molecular flexibility index (Phi) is 5.95. The van der Waals surface area contributed by atoms with Crippen molar-refractivity contribution in [1.29, 1.82) is 0 Å². The van der Waals surface area contributed by atoms with Gasteiger partial charge in [-0.3, -0.25) is 14.0 Å². The van der Waals surface area contributed by atoms with Crippen molar-refractivity contribution < 1.29 is 27.4 Å². The molecule has 218 valence electrons. The van der Waals surface area contributed by atoms with Crippen molar-refractivity contribution in [3.63, 3.8) is 0 Å². The average Bonchev–Trinajstić information content (AvgIpc) is 3.49. The fraction of sp³-hybridized carbons (Fsp3) is 0.643. The Morgan fingerprint density at radius 3 is 2.29 bits per heavy atom. The predicted molar refractivity (Wildman–Crippen MR) is 137 cm³/mol. The highest BCUT2D eigenvalue weighted by Gasteiger charge is 2.69. The number of rotatable bonds is 9. The number of hydrogen-bond acceptors (Lipinski definition) is 7. The molecule has 8 rings (SSSR count). The Morgan fingerprint density at radius 2 is 1.66 bits per heavy atom. The van der Waals surface area contributed by atoms with E-state index in [0.29, 0.717) is 48.5 Å². The van der Waals surface area contributed by atoms with Crippen LogP contribution in [0.15, 0.2) is 23.1 Å². The molecule has 2 bridgehead atoms. The summed E-state index contributed by atoms with van der Waals surface area (Å²) in [5, 5.41) is 13.4. The molecule has 3 aromatic heterocycles. The Hall–Kier alpha value is -3.51. The second kappa shape index (κ2) is 9.25. The molecule has 0 radical (unpaired) electrons. The number of fused-ring (bicyclic) bond motifs is 1. The maximum absolute atomic E-state index is 14.0. The van der Waals surface area contributed by atoms with E-state index in [2.05, 4.69) is 25.6 Å². The van der Waals surface area contributed by atoms with Crippen LogP contribution < -0.4 is 10.6 Å². The van der Waals surface area contributed by atoms with E-state index in [1.807, 2.05) is 12.3 Å². The van der Waals surface area contributed by atoms with Gasteiger partial charge < -0.3 is 10.6 Å². The van der Waals surface area contributed by atoms with Crippen LogP contribution in [-0.2, 0) is 4.79 Å². The summed E-state index contributed by atoms with van der Waals surface area (Å²) < 4.78 is 48.3. The second-order valence-electron chi connectivity index (χ2n) is 12.8. The highest BCUT2D eigenvalue weighted by molar-refractivity contribution is 5.93. The van der Waals surface area contributed by atoms with Crippen LogP contribution in [0.4, 0.5) is 13.2 Å². The molecule has 5 aliphatic carbocycles. The predicted octanol–water partition coefficient (Wildman–Crippen LogP) is 4.57. The van der Waals surface area contributed by atoms with Crippen molar-refractivity contribution >= 4 is 17.6 Å². The van der Waals surface area contributed by atoms with Gasteiger partial charge in [-0.1, -0.05) is 5.16 Å². The van der Waals surface area contributed by atoms with Crippen LogP contribution in [0.5, 0.6) is 0 Å². The third-order valence-corrected chi connectivity index (χ3v) is 9.41. The van der Waals surface area contributed by atoms with E-state index < -0.39 is 23.5 Å². The van der Waals surface area contributed by atoms with Gasteiger partial charge in [0.15, 0.2) is 5.69 Å².